The number of ketones is 1. The molecule has 3 aromatic rings. The number of ether oxygens (including phenoxy) is 1. The summed E-state index contributed by atoms with van der Waals surface area (Å²) in [5.74, 6) is 0.520. The normalized spacial score (nSPS) is 10.6. The second kappa shape index (κ2) is 5.71. The number of para-hydroxylation sites is 1. The summed E-state index contributed by atoms with van der Waals surface area (Å²) in [5.41, 5.74) is 2.02. The molecule has 0 saturated carbocycles. The second-order valence-corrected chi connectivity index (χ2v) is 5.50. The van der Waals surface area contributed by atoms with Crippen LogP contribution in [0.4, 0.5) is 0 Å². The van der Waals surface area contributed by atoms with Crippen LogP contribution in [-0.4, -0.2) is 34.7 Å². The zero-order chi connectivity index (χ0) is 14.8. The molecule has 3 nitrogen and oxygen atoms in total. The molecule has 4 heteroatoms. The van der Waals surface area contributed by atoms with Gasteiger partial charge in [0.25, 0.3) is 0 Å². The van der Waals surface area contributed by atoms with Gasteiger partial charge in [-0.15, -0.1) is 0 Å². The fraction of sp³-hybridized carbons (Fsp3) is 0.0588. The monoisotopic (exact) mass is 337 g/mol. The van der Waals surface area contributed by atoms with E-state index >= 15 is 0 Å². The average Bonchev–Trinajstić information content (AvgIpc) is 2.55. The van der Waals surface area contributed by atoms with Gasteiger partial charge in [-0.25, -0.2) is 0 Å². The summed E-state index contributed by atoms with van der Waals surface area (Å²) < 4.78 is 6.10. The van der Waals surface area contributed by atoms with Crippen molar-refractivity contribution in [2.24, 2.45) is 0 Å². The molecular formula is C17H12AsNO2. The Hall–Kier alpha value is -2.12. The predicted molar refractivity (Wildman–Crippen MR) is 83.6 cm³/mol. The Kier molecular flexibility index (Phi) is 3.76. The molecular weight excluding hydrogens is 325 g/mol. The van der Waals surface area contributed by atoms with Crippen LogP contribution in [0.25, 0.3) is 10.9 Å². The summed E-state index contributed by atoms with van der Waals surface area (Å²) in [5, 5.41) is 1.02. The molecule has 1 aromatic heterocycles. The number of rotatable bonds is 3. The Bertz CT molecular complexity index is 830. The third kappa shape index (κ3) is 2.45. The molecule has 2 aromatic carbocycles. The van der Waals surface area contributed by atoms with Gasteiger partial charge >= 0.3 is 131 Å². The third-order valence-corrected chi connectivity index (χ3v) is 4.29. The van der Waals surface area contributed by atoms with Gasteiger partial charge in [0.15, 0.2) is 0 Å². The van der Waals surface area contributed by atoms with Gasteiger partial charge in [-0.05, 0) is 0 Å². The molecule has 0 unspecified atom stereocenters. The van der Waals surface area contributed by atoms with Crippen molar-refractivity contribution in [2.45, 2.75) is 0 Å². The molecule has 0 aliphatic heterocycles. The van der Waals surface area contributed by atoms with Crippen molar-refractivity contribution in [3.05, 3.63) is 65.9 Å². The number of benzene rings is 2. The molecule has 0 aliphatic carbocycles. The summed E-state index contributed by atoms with van der Waals surface area (Å²) in [7, 11) is 1.57. The van der Waals surface area contributed by atoms with Gasteiger partial charge < -0.3 is 0 Å². The number of nitrogens with zero attached hydrogens (tertiary/aromatic N) is 1. The van der Waals surface area contributed by atoms with Gasteiger partial charge in [0.2, 0.25) is 0 Å². The van der Waals surface area contributed by atoms with E-state index in [1.54, 1.807) is 25.4 Å². The molecule has 0 fully saturated rings. The summed E-state index contributed by atoms with van der Waals surface area (Å²) in [6.45, 7) is 0. The molecule has 1 heterocycles. The minimum atomic E-state index is -0.0596. The summed E-state index contributed by atoms with van der Waals surface area (Å²) in [4.78, 5) is 17.1. The molecule has 0 bridgehead atoms. The van der Waals surface area contributed by atoms with Gasteiger partial charge in [0, 0.05) is 0 Å². The van der Waals surface area contributed by atoms with Crippen molar-refractivity contribution in [3.8, 4) is 5.75 Å². The molecule has 0 atom stereocenters. The maximum absolute atomic E-state index is 12.8. The molecule has 21 heavy (non-hydrogen) atoms. The van der Waals surface area contributed by atoms with Gasteiger partial charge in [-0.2, -0.15) is 0 Å². The van der Waals surface area contributed by atoms with Gasteiger partial charge in [-0.1, -0.05) is 0 Å². The Morgan fingerprint density at radius 2 is 1.86 bits per heavy atom. The van der Waals surface area contributed by atoms with E-state index in [0.29, 0.717) is 16.9 Å². The number of carbonyl (C=O) groups is 1. The van der Waals surface area contributed by atoms with E-state index in [9.17, 15) is 4.79 Å². The minimum absolute atomic E-state index is 0.0596. The van der Waals surface area contributed by atoms with Crippen molar-refractivity contribution in [3.63, 3.8) is 0 Å². The zero-order valence-electron chi connectivity index (χ0n) is 11.4. The molecule has 0 spiro atoms. The number of fused-ring (bicyclic) bond motifs is 1. The molecule has 2 radical (unpaired) electrons. The van der Waals surface area contributed by atoms with Crippen LogP contribution in [0, 0.1) is 0 Å². The first kappa shape index (κ1) is 13.8. The van der Waals surface area contributed by atoms with Crippen LogP contribution < -0.4 is 9.09 Å². The molecule has 102 valence electrons. The van der Waals surface area contributed by atoms with Crippen LogP contribution >= 0.6 is 0 Å². The summed E-state index contributed by atoms with van der Waals surface area (Å²) in [6, 6.07) is 14.9. The van der Waals surface area contributed by atoms with Crippen LogP contribution in [0.2, 0.25) is 0 Å². The second-order valence-electron chi connectivity index (χ2n) is 4.57. The van der Waals surface area contributed by atoms with E-state index in [2.05, 4.69) is 21.8 Å². The number of hydrogen-bond donors (Lipinski definition) is 0. The number of methoxy groups -OCH3 is 1. The fourth-order valence-electron chi connectivity index (χ4n) is 2.29. The Morgan fingerprint density at radius 1 is 1.05 bits per heavy atom. The van der Waals surface area contributed by atoms with Crippen LogP contribution in [0.15, 0.2) is 54.7 Å². The van der Waals surface area contributed by atoms with Crippen LogP contribution in [0.3, 0.4) is 0 Å². The van der Waals surface area contributed by atoms with E-state index in [1.165, 1.54) is 0 Å². The number of hydrogen-bond acceptors (Lipinski definition) is 3. The standard InChI is InChI=1S/C17H12AsNO2/c1-21-14-7-3-2-6-12(14)17(20)13-9-8-11-5-4-10-19-16(11)15(13)18/h2-10H,1H3. The Morgan fingerprint density at radius 3 is 2.67 bits per heavy atom. The average molecular weight is 337 g/mol. The number of carbonyl (C=O) groups excluding carboxylic acids is 1. The van der Waals surface area contributed by atoms with E-state index in [1.807, 2.05) is 36.4 Å². The molecule has 0 amide bonds. The van der Waals surface area contributed by atoms with Gasteiger partial charge in [0.1, 0.15) is 0 Å². The SMILES string of the molecule is COc1ccccc1C(=O)c1ccc2cccnc2c1[As]. The molecule has 0 aliphatic rings. The first-order valence-corrected chi connectivity index (χ1v) is 7.40. The van der Waals surface area contributed by atoms with E-state index in [0.717, 1.165) is 15.3 Å². The maximum atomic E-state index is 12.8. The van der Waals surface area contributed by atoms with Gasteiger partial charge in [0.05, 0.1) is 0 Å². The van der Waals surface area contributed by atoms with E-state index in [4.69, 9.17) is 4.74 Å². The fourth-order valence-corrected chi connectivity index (χ4v) is 3.05. The predicted octanol–water partition coefficient (Wildman–Crippen LogP) is 2.27. The van der Waals surface area contributed by atoms with Crippen LogP contribution in [-0.2, 0) is 0 Å². The number of aromatic nitrogens is 1. The zero-order valence-corrected chi connectivity index (χ0v) is 13.3. The first-order chi connectivity index (χ1) is 10.2. The number of pyridine rings is 1. The quantitative estimate of drug-likeness (QED) is 0.544. The van der Waals surface area contributed by atoms with E-state index < -0.39 is 0 Å². The summed E-state index contributed by atoms with van der Waals surface area (Å²) in [6.07, 6.45) is 1.73. The first-order valence-electron chi connectivity index (χ1n) is 6.47. The van der Waals surface area contributed by atoms with E-state index in [-0.39, 0.29) is 5.78 Å². The third-order valence-electron chi connectivity index (χ3n) is 3.34. The summed E-state index contributed by atoms with van der Waals surface area (Å²) >= 11 is 2.45. The van der Waals surface area contributed by atoms with Crippen LogP contribution in [0.1, 0.15) is 15.9 Å². The Balaban J connectivity index is 2.16. The van der Waals surface area contributed by atoms with Crippen molar-refractivity contribution < 1.29 is 9.53 Å². The topological polar surface area (TPSA) is 39.2 Å². The van der Waals surface area contributed by atoms with Crippen LogP contribution in [0.5, 0.6) is 5.75 Å². The Labute approximate surface area is 131 Å². The van der Waals surface area contributed by atoms with Crippen molar-refractivity contribution in [2.75, 3.05) is 7.11 Å². The van der Waals surface area contributed by atoms with Crippen molar-refractivity contribution >= 4 is 37.9 Å². The van der Waals surface area contributed by atoms with Gasteiger partial charge in [-0.3, -0.25) is 0 Å². The molecule has 3 rings (SSSR count). The van der Waals surface area contributed by atoms with Crippen molar-refractivity contribution in [1.29, 1.82) is 0 Å². The molecule has 0 saturated heterocycles. The molecule has 0 N–H and O–H groups in total. The van der Waals surface area contributed by atoms with Crippen molar-refractivity contribution in [1.82, 2.24) is 4.98 Å².